The maximum atomic E-state index is 12.8. The van der Waals surface area contributed by atoms with Crippen LogP contribution in [0.25, 0.3) is 0 Å². The Balaban J connectivity index is 1.76. The Hall–Kier alpha value is -3.65. The number of benzene rings is 3. The van der Waals surface area contributed by atoms with Gasteiger partial charge in [-0.15, -0.1) is 0 Å². The van der Waals surface area contributed by atoms with Gasteiger partial charge < -0.3 is 10.6 Å². The zero-order valence-corrected chi connectivity index (χ0v) is 18.0. The Bertz CT molecular complexity index is 1190. The van der Waals surface area contributed by atoms with E-state index in [1.54, 1.807) is 18.2 Å². The van der Waals surface area contributed by atoms with Gasteiger partial charge in [-0.3, -0.25) is 14.3 Å². The summed E-state index contributed by atoms with van der Waals surface area (Å²) in [6, 6.07) is 19.7. The first-order valence-corrected chi connectivity index (χ1v) is 11.1. The molecule has 3 aromatic carbocycles. The summed E-state index contributed by atoms with van der Waals surface area (Å²) in [6.07, 6.45) is 0. The number of rotatable bonds is 7. The standard InChI is InChI=1S/C23H23N3O4S/c1-16-7-9-17(10-8-16)15-25-23(28)20-5-3-4-6-21(20)26-31(29,30)19-13-11-18(12-14-19)22(27)24-2/h3-14,26H,15H2,1-2H3,(H,24,27)(H,25,28). The van der Waals surface area contributed by atoms with E-state index in [-0.39, 0.29) is 22.1 Å². The fraction of sp³-hybridized carbons (Fsp3) is 0.130. The molecule has 160 valence electrons. The van der Waals surface area contributed by atoms with Gasteiger partial charge in [-0.05, 0) is 48.9 Å². The zero-order valence-electron chi connectivity index (χ0n) is 17.2. The van der Waals surface area contributed by atoms with Gasteiger partial charge in [0.1, 0.15) is 0 Å². The summed E-state index contributed by atoms with van der Waals surface area (Å²) in [7, 11) is -2.46. The lowest BCUT2D eigenvalue weighted by Crippen LogP contribution is -2.25. The summed E-state index contributed by atoms with van der Waals surface area (Å²) in [5.74, 6) is -0.707. The number of carbonyl (C=O) groups is 2. The molecule has 2 amide bonds. The normalized spacial score (nSPS) is 10.9. The van der Waals surface area contributed by atoms with E-state index in [0.29, 0.717) is 12.1 Å². The molecule has 0 aromatic heterocycles. The van der Waals surface area contributed by atoms with Crippen molar-refractivity contribution < 1.29 is 18.0 Å². The first-order valence-electron chi connectivity index (χ1n) is 9.58. The van der Waals surface area contributed by atoms with E-state index in [9.17, 15) is 18.0 Å². The highest BCUT2D eigenvalue weighted by molar-refractivity contribution is 7.92. The van der Waals surface area contributed by atoms with Crippen LogP contribution in [0.5, 0.6) is 0 Å². The molecular formula is C23H23N3O4S. The topological polar surface area (TPSA) is 104 Å². The number of hydrogen-bond acceptors (Lipinski definition) is 4. The van der Waals surface area contributed by atoms with Crippen LogP contribution in [-0.4, -0.2) is 27.3 Å². The van der Waals surface area contributed by atoms with Crippen LogP contribution in [0.4, 0.5) is 5.69 Å². The molecule has 0 bridgehead atoms. The summed E-state index contributed by atoms with van der Waals surface area (Å²) < 4.78 is 28.1. The van der Waals surface area contributed by atoms with Gasteiger partial charge in [0.25, 0.3) is 21.8 Å². The molecule has 0 atom stereocenters. The third-order valence-corrected chi connectivity index (χ3v) is 6.02. The van der Waals surface area contributed by atoms with Gasteiger partial charge in [-0.25, -0.2) is 8.42 Å². The van der Waals surface area contributed by atoms with Gasteiger partial charge in [0.05, 0.1) is 16.1 Å². The van der Waals surface area contributed by atoms with Crippen molar-refractivity contribution in [2.75, 3.05) is 11.8 Å². The minimum atomic E-state index is -3.95. The second kappa shape index (κ2) is 9.44. The van der Waals surface area contributed by atoms with Crippen molar-refractivity contribution in [3.8, 4) is 0 Å². The molecule has 0 spiro atoms. The monoisotopic (exact) mass is 437 g/mol. The minimum Gasteiger partial charge on any atom is -0.355 e. The van der Waals surface area contributed by atoms with E-state index < -0.39 is 15.9 Å². The lowest BCUT2D eigenvalue weighted by Gasteiger charge is -2.13. The van der Waals surface area contributed by atoms with E-state index in [1.165, 1.54) is 37.4 Å². The number of hydrogen-bond donors (Lipinski definition) is 3. The fourth-order valence-electron chi connectivity index (χ4n) is 2.89. The van der Waals surface area contributed by atoms with Gasteiger partial charge in [0, 0.05) is 19.2 Å². The highest BCUT2D eigenvalue weighted by Crippen LogP contribution is 2.21. The van der Waals surface area contributed by atoms with E-state index in [0.717, 1.165) is 11.1 Å². The smallest absolute Gasteiger partial charge is 0.261 e. The van der Waals surface area contributed by atoms with E-state index in [2.05, 4.69) is 15.4 Å². The number of amides is 2. The zero-order chi connectivity index (χ0) is 22.4. The number of nitrogens with one attached hydrogen (secondary N) is 3. The molecule has 3 N–H and O–H groups in total. The fourth-order valence-corrected chi connectivity index (χ4v) is 3.97. The number of aryl methyl sites for hydroxylation is 1. The maximum Gasteiger partial charge on any atom is 0.261 e. The van der Waals surface area contributed by atoms with Crippen LogP contribution in [0.1, 0.15) is 31.8 Å². The van der Waals surface area contributed by atoms with Gasteiger partial charge in [0.15, 0.2) is 0 Å². The van der Waals surface area contributed by atoms with Gasteiger partial charge in [-0.2, -0.15) is 0 Å². The molecule has 0 radical (unpaired) electrons. The Morgan fingerprint density at radius 3 is 2.13 bits per heavy atom. The summed E-state index contributed by atoms with van der Waals surface area (Å²) in [5, 5.41) is 5.29. The molecule has 3 aromatic rings. The molecule has 0 heterocycles. The molecule has 7 nitrogen and oxygen atoms in total. The van der Waals surface area contributed by atoms with Crippen molar-refractivity contribution >= 4 is 27.5 Å². The van der Waals surface area contributed by atoms with Crippen molar-refractivity contribution in [2.45, 2.75) is 18.4 Å². The van der Waals surface area contributed by atoms with Gasteiger partial charge >= 0.3 is 0 Å². The number of sulfonamides is 1. The predicted octanol–water partition coefficient (Wildman–Crippen LogP) is 3.09. The molecule has 0 fully saturated rings. The average molecular weight is 438 g/mol. The Kier molecular flexibility index (Phi) is 6.71. The predicted molar refractivity (Wildman–Crippen MR) is 119 cm³/mol. The Morgan fingerprint density at radius 1 is 0.839 bits per heavy atom. The summed E-state index contributed by atoms with van der Waals surface area (Å²) >= 11 is 0. The first-order chi connectivity index (χ1) is 14.8. The number of anilines is 1. The Morgan fingerprint density at radius 2 is 1.48 bits per heavy atom. The van der Waals surface area contributed by atoms with Crippen molar-refractivity contribution in [2.24, 2.45) is 0 Å². The highest BCUT2D eigenvalue weighted by atomic mass is 32.2. The summed E-state index contributed by atoms with van der Waals surface area (Å²) in [6.45, 7) is 2.30. The quantitative estimate of drug-likeness (QED) is 0.528. The molecular weight excluding hydrogens is 414 g/mol. The third kappa shape index (κ3) is 5.49. The van der Waals surface area contributed by atoms with Gasteiger partial charge in [0.2, 0.25) is 0 Å². The molecule has 0 saturated carbocycles. The molecule has 0 unspecified atom stereocenters. The second-order valence-electron chi connectivity index (χ2n) is 6.92. The molecule has 0 aliphatic carbocycles. The van der Waals surface area contributed by atoms with E-state index in [4.69, 9.17) is 0 Å². The van der Waals surface area contributed by atoms with Crippen LogP contribution in [0, 0.1) is 6.92 Å². The minimum absolute atomic E-state index is 0.0185. The highest BCUT2D eigenvalue weighted by Gasteiger charge is 2.19. The lowest BCUT2D eigenvalue weighted by molar-refractivity contribution is 0.0947. The van der Waals surface area contributed by atoms with Crippen molar-refractivity contribution in [1.82, 2.24) is 10.6 Å². The van der Waals surface area contributed by atoms with Crippen LogP contribution in [0.3, 0.4) is 0 Å². The second-order valence-corrected chi connectivity index (χ2v) is 8.61. The largest absolute Gasteiger partial charge is 0.355 e. The van der Waals surface area contributed by atoms with Crippen molar-refractivity contribution in [1.29, 1.82) is 0 Å². The first kappa shape index (κ1) is 22.0. The molecule has 0 aliphatic heterocycles. The molecule has 8 heteroatoms. The van der Waals surface area contributed by atoms with Gasteiger partial charge in [-0.1, -0.05) is 42.0 Å². The SMILES string of the molecule is CNC(=O)c1ccc(S(=O)(=O)Nc2ccccc2C(=O)NCc2ccc(C)cc2)cc1. The summed E-state index contributed by atoms with van der Waals surface area (Å²) in [4.78, 5) is 24.3. The van der Waals surface area contributed by atoms with Crippen LogP contribution in [0.2, 0.25) is 0 Å². The van der Waals surface area contributed by atoms with Crippen LogP contribution in [0.15, 0.2) is 77.7 Å². The average Bonchev–Trinajstić information content (AvgIpc) is 2.78. The van der Waals surface area contributed by atoms with E-state index >= 15 is 0 Å². The van der Waals surface area contributed by atoms with Crippen molar-refractivity contribution in [3.05, 3.63) is 95.1 Å². The van der Waals surface area contributed by atoms with E-state index in [1.807, 2.05) is 31.2 Å². The third-order valence-electron chi connectivity index (χ3n) is 4.64. The molecule has 3 rings (SSSR count). The number of carbonyl (C=O) groups excluding carboxylic acids is 2. The number of para-hydroxylation sites is 1. The molecule has 31 heavy (non-hydrogen) atoms. The van der Waals surface area contributed by atoms with Crippen LogP contribution < -0.4 is 15.4 Å². The lowest BCUT2D eigenvalue weighted by atomic mass is 10.1. The molecule has 0 aliphatic rings. The Labute approximate surface area is 181 Å². The summed E-state index contributed by atoms with van der Waals surface area (Å²) in [5.41, 5.74) is 2.78. The van der Waals surface area contributed by atoms with Crippen LogP contribution in [-0.2, 0) is 16.6 Å². The van der Waals surface area contributed by atoms with Crippen LogP contribution >= 0.6 is 0 Å². The maximum absolute atomic E-state index is 12.8. The van der Waals surface area contributed by atoms with Crippen molar-refractivity contribution in [3.63, 3.8) is 0 Å². The molecule has 0 saturated heterocycles.